The Bertz CT molecular complexity index is 951. The zero-order chi connectivity index (χ0) is 14.2. The molecule has 0 bridgehead atoms. The van der Waals surface area contributed by atoms with Crippen molar-refractivity contribution < 1.29 is 0 Å². The van der Waals surface area contributed by atoms with Gasteiger partial charge in [-0.1, -0.05) is 23.7 Å². The molecule has 0 radical (unpaired) electrons. The number of benzene rings is 1. The first kappa shape index (κ1) is 12.6. The molecular weight excluding hydrogens is 304 g/mol. The van der Waals surface area contributed by atoms with Gasteiger partial charge < -0.3 is 0 Å². The van der Waals surface area contributed by atoms with Crippen molar-refractivity contribution >= 4 is 39.9 Å². The summed E-state index contributed by atoms with van der Waals surface area (Å²) in [5, 5.41) is 11.0. The first-order chi connectivity index (χ1) is 10.3. The average molecular weight is 313 g/mol. The van der Waals surface area contributed by atoms with Crippen molar-refractivity contribution in [3.63, 3.8) is 0 Å². The van der Waals surface area contributed by atoms with Crippen molar-refractivity contribution in [2.24, 2.45) is 0 Å². The number of halogens is 1. The fourth-order valence-corrected chi connectivity index (χ4v) is 3.28. The lowest BCUT2D eigenvalue weighted by atomic mass is 10.2. The standard InChI is InChI=1S/C15H9ClN4S/c16-10-4-5-11-12(9-10)17-7-6-13(11)21-15-19-18-14-3-1-2-8-20(14)15/h1-9H. The molecule has 3 heterocycles. The van der Waals surface area contributed by atoms with E-state index in [-0.39, 0.29) is 0 Å². The van der Waals surface area contributed by atoms with Crippen molar-refractivity contribution in [2.45, 2.75) is 10.1 Å². The highest BCUT2D eigenvalue weighted by molar-refractivity contribution is 7.99. The minimum atomic E-state index is 0.685. The van der Waals surface area contributed by atoms with Crippen molar-refractivity contribution in [3.05, 3.63) is 59.9 Å². The highest BCUT2D eigenvalue weighted by Crippen LogP contribution is 2.32. The van der Waals surface area contributed by atoms with E-state index in [0.29, 0.717) is 5.02 Å². The fraction of sp³-hybridized carbons (Fsp3) is 0. The molecule has 1 aromatic carbocycles. The summed E-state index contributed by atoms with van der Waals surface area (Å²) in [6.45, 7) is 0. The first-order valence-electron chi connectivity index (χ1n) is 6.33. The van der Waals surface area contributed by atoms with Gasteiger partial charge in [0.15, 0.2) is 10.8 Å². The molecule has 0 fully saturated rings. The van der Waals surface area contributed by atoms with E-state index in [2.05, 4.69) is 15.2 Å². The predicted molar refractivity (Wildman–Crippen MR) is 83.9 cm³/mol. The number of hydrogen-bond donors (Lipinski definition) is 0. The third-order valence-corrected chi connectivity index (χ3v) is 4.42. The third kappa shape index (κ3) is 2.24. The average Bonchev–Trinajstić information content (AvgIpc) is 2.91. The van der Waals surface area contributed by atoms with Gasteiger partial charge in [0, 0.05) is 27.7 Å². The molecule has 3 aromatic heterocycles. The second-order valence-corrected chi connectivity index (χ2v) is 5.93. The second-order valence-electron chi connectivity index (χ2n) is 4.48. The molecule has 0 aliphatic carbocycles. The molecule has 0 aliphatic rings. The van der Waals surface area contributed by atoms with Gasteiger partial charge in [0.2, 0.25) is 0 Å². The zero-order valence-electron chi connectivity index (χ0n) is 10.8. The molecule has 0 spiro atoms. The Balaban J connectivity index is 1.84. The Morgan fingerprint density at radius 3 is 2.95 bits per heavy atom. The molecule has 4 rings (SSSR count). The molecule has 0 N–H and O–H groups in total. The lowest BCUT2D eigenvalue weighted by Crippen LogP contribution is -1.87. The number of hydrogen-bond acceptors (Lipinski definition) is 4. The molecule has 0 saturated heterocycles. The van der Waals surface area contributed by atoms with Crippen LogP contribution in [0.1, 0.15) is 0 Å². The Morgan fingerprint density at radius 1 is 1.05 bits per heavy atom. The monoisotopic (exact) mass is 312 g/mol. The van der Waals surface area contributed by atoms with Gasteiger partial charge in [-0.3, -0.25) is 9.38 Å². The Morgan fingerprint density at radius 2 is 2.00 bits per heavy atom. The van der Waals surface area contributed by atoms with E-state index in [4.69, 9.17) is 11.6 Å². The van der Waals surface area contributed by atoms with Gasteiger partial charge in [0.1, 0.15) is 0 Å². The van der Waals surface area contributed by atoms with Crippen LogP contribution in [-0.2, 0) is 0 Å². The lowest BCUT2D eigenvalue weighted by Gasteiger charge is -2.04. The SMILES string of the molecule is Clc1ccc2c(Sc3nnc4ccccn34)ccnc2c1. The summed E-state index contributed by atoms with van der Waals surface area (Å²) in [6.07, 6.45) is 3.74. The van der Waals surface area contributed by atoms with Crippen LogP contribution in [0.3, 0.4) is 0 Å². The molecule has 4 nitrogen and oxygen atoms in total. The third-order valence-electron chi connectivity index (χ3n) is 3.15. The van der Waals surface area contributed by atoms with E-state index in [1.807, 2.05) is 53.1 Å². The van der Waals surface area contributed by atoms with Gasteiger partial charge in [-0.2, -0.15) is 0 Å². The largest absolute Gasteiger partial charge is 0.277 e. The quantitative estimate of drug-likeness (QED) is 0.559. The molecule has 0 aliphatic heterocycles. The van der Waals surface area contributed by atoms with Gasteiger partial charge in [-0.05, 0) is 42.1 Å². The van der Waals surface area contributed by atoms with E-state index in [1.165, 1.54) is 0 Å². The molecule has 0 atom stereocenters. The second kappa shape index (κ2) is 5.02. The van der Waals surface area contributed by atoms with Gasteiger partial charge in [0.05, 0.1) is 5.52 Å². The van der Waals surface area contributed by atoms with Crippen LogP contribution in [0.25, 0.3) is 16.6 Å². The lowest BCUT2D eigenvalue weighted by molar-refractivity contribution is 0.922. The highest BCUT2D eigenvalue weighted by atomic mass is 35.5. The van der Waals surface area contributed by atoms with Crippen molar-refractivity contribution in [1.29, 1.82) is 0 Å². The topological polar surface area (TPSA) is 43.1 Å². The van der Waals surface area contributed by atoms with Gasteiger partial charge in [-0.25, -0.2) is 0 Å². The summed E-state index contributed by atoms with van der Waals surface area (Å²) in [4.78, 5) is 5.43. The molecule has 0 unspecified atom stereocenters. The van der Waals surface area contributed by atoms with Crippen LogP contribution >= 0.6 is 23.4 Å². The molecule has 21 heavy (non-hydrogen) atoms. The zero-order valence-corrected chi connectivity index (χ0v) is 12.3. The van der Waals surface area contributed by atoms with Crippen LogP contribution < -0.4 is 0 Å². The molecule has 0 amide bonds. The van der Waals surface area contributed by atoms with Gasteiger partial charge in [0.25, 0.3) is 0 Å². The van der Waals surface area contributed by atoms with E-state index in [9.17, 15) is 0 Å². The van der Waals surface area contributed by atoms with Gasteiger partial charge in [-0.15, -0.1) is 10.2 Å². The molecular formula is C15H9ClN4S. The summed E-state index contributed by atoms with van der Waals surface area (Å²) in [5.41, 5.74) is 1.71. The number of nitrogens with zero attached hydrogens (tertiary/aromatic N) is 4. The fourth-order valence-electron chi connectivity index (χ4n) is 2.17. The smallest absolute Gasteiger partial charge is 0.200 e. The van der Waals surface area contributed by atoms with Crippen molar-refractivity contribution in [2.75, 3.05) is 0 Å². The number of pyridine rings is 2. The van der Waals surface area contributed by atoms with E-state index in [1.54, 1.807) is 18.0 Å². The van der Waals surface area contributed by atoms with E-state index < -0.39 is 0 Å². The van der Waals surface area contributed by atoms with Crippen LogP contribution in [0.2, 0.25) is 5.02 Å². The van der Waals surface area contributed by atoms with Crippen LogP contribution in [-0.4, -0.2) is 19.6 Å². The summed E-state index contributed by atoms with van der Waals surface area (Å²) in [6, 6.07) is 13.5. The molecule has 4 aromatic rings. The summed E-state index contributed by atoms with van der Waals surface area (Å²) >= 11 is 7.58. The first-order valence-corrected chi connectivity index (χ1v) is 7.52. The van der Waals surface area contributed by atoms with Crippen LogP contribution in [0.5, 0.6) is 0 Å². The minimum absolute atomic E-state index is 0.685. The van der Waals surface area contributed by atoms with Crippen LogP contribution in [0.4, 0.5) is 0 Å². The summed E-state index contributed by atoms with van der Waals surface area (Å²) in [5.74, 6) is 0. The maximum atomic E-state index is 6.02. The maximum absolute atomic E-state index is 6.02. The molecule has 102 valence electrons. The Kier molecular flexibility index (Phi) is 3.02. The maximum Gasteiger partial charge on any atom is 0.200 e. The van der Waals surface area contributed by atoms with Crippen molar-refractivity contribution in [1.82, 2.24) is 19.6 Å². The number of fused-ring (bicyclic) bond motifs is 2. The predicted octanol–water partition coefficient (Wildman–Crippen LogP) is 4.08. The molecule has 0 saturated carbocycles. The minimum Gasteiger partial charge on any atom is -0.277 e. The van der Waals surface area contributed by atoms with E-state index in [0.717, 1.165) is 26.6 Å². The highest BCUT2D eigenvalue weighted by Gasteiger charge is 2.09. The van der Waals surface area contributed by atoms with Gasteiger partial charge >= 0.3 is 0 Å². The Labute approximate surface area is 129 Å². The van der Waals surface area contributed by atoms with Crippen LogP contribution in [0, 0.1) is 0 Å². The number of aromatic nitrogens is 4. The summed E-state index contributed by atoms with van der Waals surface area (Å²) < 4.78 is 1.97. The Hall–Kier alpha value is -2.11. The summed E-state index contributed by atoms with van der Waals surface area (Å²) in [7, 11) is 0. The normalized spacial score (nSPS) is 11.3. The number of rotatable bonds is 2. The van der Waals surface area contributed by atoms with Crippen molar-refractivity contribution in [3.8, 4) is 0 Å². The molecule has 6 heteroatoms. The van der Waals surface area contributed by atoms with Crippen LogP contribution in [0.15, 0.2) is 64.9 Å². The van der Waals surface area contributed by atoms with E-state index >= 15 is 0 Å².